The number of benzene rings is 7. The van der Waals surface area contributed by atoms with E-state index in [-0.39, 0.29) is 5.41 Å². The van der Waals surface area contributed by atoms with Gasteiger partial charge in [0, 0.05) is 38.6 Å². The van der Waals surface area contributed by atoms with Crippen LogP contribution in [0.2, 0.25) is 0 Å². The summed E-state index contributed by atoms with van der Waals surface area (Å²) in [6, 6.07) is 55.9. The van der Waals surface area contributed by atoms with Crippen LogP contribution in [0.3, 0.4) is 0 Å². The fourth-order valence-electron chi connectivity index (χ4n) is 8.06. The maximum atomic E-state index is 5.38. The Kier molecular flexibility index (Phi) is 6.19. The largest absolute Gasteiger partial charge is 0.309 e. The minimum absolute atomic E-state index is 0.138. The standard InChI is InChI=1S/C46H32N4/c1-46(2)37-23-13-11-21-34(37)35-26-25-31(27-38(35)46)44-47-43(29-15-5-3-6-16-29)48-45(49-44)42-33-20-10-9-17-30(33)28-40-41(42)36-22-12-14-24-39(36)50(40)32-18-7-4-8-19-32/h3-28H,1-2H3. The molecule has 7 aromatic carbocycles. The minimum atomic E-state index is -0.138. The van der Waals surface area contributed by atoms with Crippen molar-refractivity contribution in [3.8, 4) is 51.0 Å². The predicted molar refractivity (Wildman–Crippen MR) is 206 cm³/mol. The average Bonchev–Trinajstić information content (AvgIpc) is 3.62. The van der Waals surface area contributed by atoms with Crippen LogP contribution in [-0.4, -0.2) is 19.5 Å². The highest BCUT2D eigenvalue weighted by Crippen LogP contribution is 2.49. The highest BCUT2D eigenvalue weighted by Gasteiger charge is 2.35. The Labute approximate surface area is 290 Å². The molecule has 0 aliphatic heterocycles. The van der Waals surface area contributed by atoms with Crippen molar-refractivity contribution in [3.63, 3.8) is 0 Å². The van der Waals surface area contributed by atoms with Gasteiger partial charge in [0.1, 0.15) is 0 Å². The molecule has 0 saturated carbocycles. The van der Waals surface area contributed by atoms with Crippen LogP contribution in [0.4, 0.5) is 0 Å². The van der Waals surface area contributed by atoms with E-state index in [2.05, 4.69) is 158 Å². The Morgan fingerprint density at radius 3 is 1.90 bits per heavy atom. The molecule has 0 bridgehead atoms. The smallest absolute Gasteiger partial charge is 0.165 e. The van der Waals surface area contributed by atoms with Crippen LogP contribution in [0, 0.1) is 0 Å². The summed E-state index contributed by atoms with van der Waals surface area (Å²) in [4.78, 5) is 15.8. The zero-order valence-corrected chi connectivity index (χ0v) is 27.8. The first-order chi connectivity index (χ1) is 24.6. The van der Waals surface area contributed by atoms with Crippen molar-refractivity contribution in [2.45, 2.75) is 19.3 Å². The van der Waals surface area contributed by atoms with Gasteiger partial charge in [-0.2, -0.15) is 0 Å². The first-order valence-corrected chi connectivity index (χ1v) is 17.1. The van der Waals surface area contributed by atoms with Crippen LogP contribution in [0.1, 0.15) is 25.0 Å². The van der Waals surface area contributed by atoms with Crippen molar-refractivity contribution in [3.05, 3.63) is 169 Å². The summed E-state index contributed by atoms with van der Waals surface area (Å²) >= 11 is 0. The van der Waals surface area contributed by atoms with E-state index in [4.69, 9.17) is 15.0 Å². The monoisotopic (exact) mass is 640 g/mol. The number of fused-ring (bicyclic) bond motifs is 7. The predicted octanol–water partition coefficient (Wildman–Crippen LogP) is 11.4. The zero-order valence-electron chi connectivity index (χ0n) is 27.8. The van der Waals surface area contributed by atoms with Gasteiger partial charge < -0.3 is 4.57 Å². The molecule has 1 aliphatic carbocycles. The van der Waals surface area contributed by atoms with Crippen LogP contribution >= 0.6 is 0 Å². The summed E-state index contributed by atoms with van der Waals surface area (Å²) in [5.41, 5.74) is 11.4. The third-order valence-corrected chi connectivity index (χ3v) is 10.4. The SMILES string of the molecule is CC1(C)c2ccccc2-c2ccc(-c3nc(-c4ccccc4)nc(-c4c5ccccc5cc5c4c4ccccc4n5-c4ccccc4)n3)cc21. The van der Waals surface area contributed by atoms with Crippen molar-refractivity contribution in [1.29, 1.82) is 0 Å². The molecule has 4 nitrogen and oxygen atoms in total. The minimum Gasteiger partial charge on any atom is -0.309 e. The number of aromatic nitrogens is 4. The van der Waals surface area contributed by atoms with Gasteiger partial charge in [0.05, 0.1) is 11.0 Å². The van der Waals surface area contributed by atoms with Crippen molar-refractivity contribution < 1.29 is 0 Å². The van der Waals surface area contributed by atoms with Gasteiger partial charge in [-0.15, -0.1) is 0 Å². The number of para-hydroxylation sites is 2. The van der Waals surface area contributed by atoms with Crippen molar-refractivity contribution in [2.75, 3.05) is 0 Å². The van der Waals surface area contributed by atoms with E-state index in [9.17, 15) is 0 Å². The van der Waals surface area contributed by atoms with Crippen molar-refractivity contribution in [1.82, 2.24) is 19.5 Å². The fourth-order valence-corrected chi connectivity index (χ4v) is 8.06. The fraction of sp³-hybridized carbons (Fsp3) is 0.0652. The first kappa shape index (κ1) is 28.6. The molecule has 0 unspecified atom stereocenters. The molecule has 0 N–H and O–H groups in total. The molecule has 1 aliphatic rings. The molecule has 0 radical (unpaired) electrons. The molecule has 0 atom stereocenters. The van der Waals surface area contributed by atoms with Gasteiger partial charge in [0.25, 0.3) is 0 Å². The van der Waals surface area contributed by atoms with Crippen molar-refractivity contribution in [2.24, 2.45) is 0 Å². The highest BCUT2D eigenvalue weighted by atomic mass is 15.0. The number of hydrogen-bond acceptors (Lipinski definition) is 3. The number of hydrogen-bond donors (Lipinski definition) is 0. The summed E-state index contributed by atoms with van der Waals surface area (Å²) in [5, 5.41) is 4.53. The summed E-state index contributed by atoms with van der Waals surface area (Å²) < 4.78 is 2.36. The van der Waals surface area contributed by atoms with E-state index in [0.717, 1.165) is 55.0 Å². The average molecular weight is 641 g/mol. The molecule has 0 fully saturated rings. The molecule has 236 valence electrons. The van der Waals surface area contributed by atoms with Gasteiger partial charge in [-0.05, 0) is 63.4 Å². The highest BCUT2D eigenvalue weighted by molar-refractivity contribution is 6.22. The molecular weight excluding hydrogens is 609 g/mol. The van der Waals surface area contributed by atoms with Gasteiger partial charge in [-0.1, -0.05) is 141 Å². The normalized spacial score (nSPS) is 13.2. The third kappa shape index (κ3) is 4.21. The molecule has 0 spiro atoms. The molecule has 0 saturated heterocycles. The lowest BCUT2D eigenvalue weighted by Gasteiger charge is -2.21. The van der Waals surface area contributed by atoms with Crippen LogP contribution in [0.15, 0.2) is 158 Å². The van der Waals surface area contributed by atoms with Gasteiger partial charge in [-0.3, -0.25) is 0 Å². The van der Waals surface area contributed by atoms with E-state index in [1.54, 1.807) is 0 Å². The molecule has 2 aromatic heterocycles. The third-order valence-electron chi connectivity index (χ3n) is 10.4. The van der Waals surface area contributed by atoms with E-state index in [0.29, 0.717) is 17.5 Å². The summed E-state index contributed by atoms with van der Waals surface area (Å²) in [7, 11) is 0. The maximum absolute atomic E-state index is 5.38. The first-order valence-electron chi connectivity index (χ1n) is 17.1. The molecule has 2 heterocycles. The van der Waals surface area contributed by atoms with E-state index >= 15 is 0 Å². The molecule has 0 amide bonds. The van der Waals surface area contributed by atoms with Gasteiger partial charge >= 0.3 is 0 Å². The van der Waals surface area contributed by atoms with Crippen LogP contribution in [0.25, 0.3) is 83.6 Å². The molecular formula is C46H32N4. The summed E-state index contributed by atoms with van der Waals surface area (Å²) in [6.07, 6.45) is 0. The lowest BCUT2D eigenvalue weighted by Crippen LogP contribution is -2.15. The van der Waals surface area contributed by atoms with E-state index in [1.165, 1.54) is 22.3 Å². The zero-order chi connectivity index (χ0) is 33.4. The quantitative estimate of drug-likeness (QED) is 0.192. The Bertz CT molecular complexity index is 2780. The molecule has 9 aromatic rings. The summed E-state index contributed by atoms with van der Waals surface area (Å²) in [6.45, 7) is 4.62. The Morgan fingerprint density at radius 2 is 1.08 bits per heavy atom. The number of nitrogens with zero attached hydrogens (tertiary/aromatic N) is 4. The lowest BCUT2D eigenvalue weighted by atomic mass is 9.82. The van der Waals surface area contributed by atoms with Gasteiger partial charge in [0.2, 0.25) is 0 Å². The van der Waals surface area contributed by atoms with E-state index in [1.807, 2.05) is 18.2 Å². The maximum Gasteiger partial charge on any atom is 0.165 e. The van der Waals surface area contributed by atoms with Crippen LogP contribution < -0.4 is 0 Å². The summed E-state index contributed by atoms with van der Waals surface area (Å²) in [5.74, 6) is 1.98. The lowest BCUT2D eigenvalue weighted by molar-refractivity contribution is 0.660. The Balaban J connectivity index is 1.29. The van der Waals surface area contributed by atoms with Gasteiger partial charge in [0.15, 0.2) is 17.5 Å². The Morgan fingerprint density at radius 1 is 0.460 bits per heavy atom. The van der Waals surface area contributed by atoms with Gasteiger partial charge in [-0.25, -0.2) is 15.0 Å². The van der Waals surface area contributed by atoms with Crippen molar-refractivity contribution >= 4 is 32.6 Å². The second-order valence-electron chi connectivity index (χ2n) is 13.7. The van der Waals surface area contributed by atoms with Crippen LogP contribution in [0.5, 0.6) is 0 Å². The Hall–Kier alpha value is -6.39. The van der Waals surface area contributed by atoms with E-state index < -0.39 is 0 Å². The molecule has 10 rings (SSSR count). The second-order valence-corrected chi connectivity index (χ2v) is 13.7. The second kappa shape index (κ2) is 10.8. The van der Waals surface area contributed by atoms with Crippen LogP contribution in [-0.2, 0) is 5.41 Å². The number of rotatable bonds is 4. The molecule has 50 heavy (non-hydrogen) atoms. The molecule has 4 heteroatoms. The topological polar surface area (TPSA) is 43.6 Å².